The summed E-state index contributed by atoms with van der Waals surface area (Å²) in [6.07, 6.45) is -13.8. The number of hydrogen-bond acceptors (Lipinski definition) is 26. The van der Waals surface area contributed by atoms with Crippen molar-refractivity contribution in [2.24, 2.45) is 23.7 Å². The number of ether oxygens (including phenoxy) is 7. The van der Waals surface area contributed by atoms with Crippen molar-refractivity contribution in [3.63, 3.8) is 0 Å². The Kier molecular flexibility index (Phi) is 37.6. The Hall–Kier alpha value is -2.05. The van der Waals surface area contributed by atoms with Gasteiger partial charge in [0.1, 0.15) is 36.6 Å². The molecule has 33 heteroatoms. The lowest BCUT2D eigenvalue weighted by Gasteiger charge is -2.40. The van der Waals surface area contributed by atoms with Gasteiger partial charge in [-0.3, -0.25) is 32.5 Å². The maximum absolute atomic E-state index is 13.5. The lowest BCUT2D eigenvalue weighted by molar-refractivity contribution is -0.282. The Bertz CT molecular complexity index is 1900. The number of carbonyl (C=O) groups excluding carboxylic acids is 3. The second-order valence-electron chi connectivity index (χ2n) is 21.0. The number of nitrogens with zero attached hydrogens (tertiary/aromatic N) is 3. The van der Waals surface area contributed by atoms with E-state index in [0.717, 1.165) is 10.8 Å². The number of aliphatic hydroxyl groups is 10. The first-order valence-corrected chi connectivity index (χ1v) is 31.1. The zero-order valence-electron chi connectivity index (χ0n) is 48.8. The number of phosphoric ester groups is 2. The summed E-state index contributed by atoms with van der Waals surface area (Å²) in [5, 5.41) is 99.2. The van der Waals surface area contributed by atoms with Crippen molar-refractivity contribution < 1.29 is 136 Å². The van der Waals surface area contributed by atoms with E-state index in [0.29, 0.717) is 0 Å². The van der Waals surface area contributed by atoms with Gasteiger partial charge in [-0.2, -0.15) is 0 Å². The van der Waals surface area contributed by atoms with E-state index in [2.05, 4.69) is 20.8 Å². The normalized spacial score (nSPS) is 29.8. The average molecular weight is 1250 g/mol. The van der Waals surface area contributed by atoms with Crippen molar-refractivity contribution in [3.05, 3.63) is 0 Å². The van der Waals surface area contributed by atoms with Crippen LogP contribution in [0.5, 0.6) is 0 Å². The summed E-state index contributed by atoms with van der Waals surface area (Å²) in [6.45, 7) is 5.65. The summed E-state index contributed by atoms with van der Waals surface area (Å²) in [7, 11) is -8.27. The van der Waals surface area contributed by atoms with Crippen LogP contribution < -0.4 is 0 Å². The maximum atomic E-state index is 13.5. The molecule has 3 amide bonds. The van der Waals surface area contributed by atoms with Crippen LogP contribution in [0.15, 0.2) is 0 Å². The van der Waals surface area contributed by atoms with Crippen LogP contribution in [0.3, 0.4) is 0 Å². The third kappa shape index (κ3) is 27.9. The molecule has 3 rings (SSSR count). The van der Waals surface area contributed by atoms with Crippen LogP contribution in [0.1, 0.15) is 80.1 Å². The molecule has 490 valence electrons. The number of aliphatic hydroxyl groups excluding tert-OH is 10. The Balaban J connectivity index is 0.00000568. The van der Waals surface area contributed by atoms with E-state index in [1.165, 1.54) is 16.9 Å². The summed E-state index contributed by atoms with van der Waals surface area (Å²) in [6, 6.07) is 0. The molecule has 0 aromatic rings. The number of carbonyl (C=O) groups is 3. The molecule has 0 bridgehead atoms. The van der Waals surface area contributed by atoms with E-state index in [1.54, 1.807) is 20.8 Å². The fraction of sp³-hybridized carbons (Fsp3) is 0.940. The van der Waals surface area contributed by atoms with Gasteiger partial charge in [-0.25, -0.2) is 9.13 Å². The van der Waals surface area contributed by atoms with Crippen LogP contribution in [0.2, 0.25) is 0 Å². The van der Waals surface area contributed by atoms with Crippen molar-refractivity contribution in [3.8, 4) is 0 Å². The second kappa shape index (κ2) is 40.5. The third-order valence-electron chi connectivity index (χ3n) is 13.5. The highest BCUT2D eigenvalue weighted by Crippen LogP contribution is 2.44. The van der Waals surface area contributed by atoms with Crippen LogP contribution in [-0.4, -0.2) is 293 Å². The number of rotatable bonds is 39. The molecule has 3 aliphatic rings. The van der Waals surface area contributed by atoms with Gasteiger partial charge >= 0.3 is 15.6 Å². The highest BCUT2D eigenvalue weighted by Gasteiger charge is 2.45. The first-order valence-electron chi connectivity index (χ1n) is 28.1. The monoisotopic (exact) mass is 1250 g/mol. The Morgan fingerprint density at radius 3 is 0.940 bits per heavy atom. The van der Waals surface area contributed by atoms with Crippen molar-refractivity contribution in [2.45, 2.75) is 154 Å². The quantitative estimate of drug-likeness (QED) is 0.0227. The van der Waals surface area contributed by atoms with Gasteiger partial charge in [0.15, 0.2) is 18.9 Å². The summed E-state index contributed by atoms with van der Waals surface area (Å²) in [4.78, 5) is 64.2. The lowest BCUT2D eigenvalue weighted by atomic mass is 9.92. The number of methoxy groups -OCH3 is 1. The first kappa shape index (κ1) is 77.0. The van der Waals surface area contributed by atoms with E-state index >= 15 is 0 Å². The van der Waals surface area contributed by atoms with Crippen LogP contribution >= 0.6 is 15.6 Å². The van der Waals surface area contributed by atoms with E-state index in [9.17, 15) is 84.4 Å². The highest BCUT2D eigenvalue weighted by atomic mass is 31.2. The van der Waals surface area contributed by atoms with Gasteiger partial charge in [0.05, 0.1) is 97.6 Å². The summed E-state index contributed by atoms with van der Waals surface area (Å²) < 4.78 is 85.0. The number of hydrogen-bond donors (Lipinski definition) is 12. The fourth-order valence-corrected chi connectivity index (χ4v) is 9.92. The van der Waals surface area contributed by atoms with Gasteiger partial charge in [0, 0.05) is 83.4 Å². The average Bonchev–Trinajstić information content (AvgIpc) is 3.60. The van der Waals surface area contributed by atoms with Crippen LogP contribution in [0, 0.1) is 23.7 Å². The topological polar surface area (TPSA) is 439 Å². The van der Waals surface area contributed by atoms with E-state index in [4.69, 9.17) is 51.3 Å². The van der Waals surface area contributed by atoms with Crippen molar-refractivity contribution in [1.82, 2.24) is 14.7 Å². The van der Waals surface area contributed by atoms with Gasteiger partial charge < -0.3 is 109 Å². The second-order valence-corrected chi connectivity index (χ2v) is 23.9. The molecule has 0 aliphatic carbocycles. The molecule has 0 radical (unpaired) electrons. The SMILES string of the molecule is CC(C)C.COCCN(CCOP(=O)(O)OCCN(CCOP(=O)(O)OCCN(CCO)C(=O)CCCO[C@@H]1OC(CO)[C@H](O)C(O)[C@@H]1C)C(=O)CCCO[C@@H]1OC(CO)[C@H](O)C(O)[C@@H]1C)C(=O)CCCO[C@@H]1OC(CO)[C@H](O)C(O)[C@@H]1C. The predicted octanol–water partition coefficient (Wildman–Crippen LogP) is -2.34. The van der Waals surface area contributed by atoms with Crippen LogP contribution in [0.4, 0.5) is 0 Å². The Labute approximate surface area is 485 Å². The molecule has 3 aliphatic heterocycles. The molecule has 17 atom stereocenters. The van der Waals surface area contributed by atoms with Crippen molar-refractivity contribution in [1.29, 1.82) is 0 Å². The van der Waals surface area contributed by atoms with Gasteiger partial charge in [-0.05, 0) is 25.2 Å². The van der Waals surface area contributed by atoms with Gasteiger partial charge in [-0.1, -0.05) is 41.5 Å². The van der Waals surface area contributed by atoms with Crippen LogP contribution in [-0.2, 0) is 74.8 Å². The Morgan fingerprint density at radius 1 is 0.446 bits per heavy atom. The van der Waals surface area contributed by atoms with Crippen LogP contribution in [0.25, 0.3) is 0 Å². The molecule has 3 fully saturated rings. The third-order valence-corrected chi connectivity index (χ3v) is 15.5. The fourth-order valence-electron chi connectivity index (χ4n) is 8.52. The minimum Gasteiger partial charge on any atom is -0.395 e. The highest BCUT2D eigenvalue weighted by molar-refractivity contribution is 7.47. The van der Waals surface area contributed by atoms with Gasteiger partial charge in [0.25, 0.3) is 0 Å². The summed E-state index contributed by atoms with van der Waals surface area (Å²) >= 11 is 0. The summed E-state index contributed by atoms with van der Waals surface area (Å²) in [5.74, 6) is -2.61. The summed E-state index contributed by atoms with van der Waals surface area (Å²) in [5.41, 5.74) is 0. The number of phosphoric acid groups is 2. The molecule has 0 saturated carbocycles. The van der Waals surface area contributed by atoms with Gasteiger partial charge in [-0.15, -0.1) is 0 Å². The zero-order valence-corrected chi connectivity index (χ0v) is 50.6. The molecule has 0 aromatic carbocycles. The molecule has 83 heavy (non-hydrogen) atoms. The largest absolute Gasteiger partial charge is 0.472 e. The van der Waals surface area contributed by atoms with Crippen molar-refractivity contribution >= 4 is 33.4 Å². The molecular weight excluding hydrogens is 1150 g/mol. The zero-order chi connectivity index (χ0) is 62.5. The molecule has 3 heterocycles. The van der Waals surface area contributed by atoms with E-state index in [-0.39, 0.29) is 110 Å². The molecule has 0 spiro atoms. The Morgan fingerprint density at radius 2 is 0.699 bits per heavy atom. The molecule has 8 unspecified atom stereocenters. The predicted molar refractivity (Wildman–Crippen MR) is 289 cm³/mol. The molecule has 3 saturated heterocycles. The minimum atomic E-state index is -4.85. The van der Waals surface area contributed by atoms with E-state index in [1.807, 2.05) is 0 Å². The minimum absolute atomic E-state index is 0.0131. The van der Waals surface area contributed by atoms with Crippen molar-refractivity contribution in [2.75, 3.05) is 126 Å². The molecule has 0 aromatic heterocycles. The smallest absolute Gasteiger partial charge is 0.395 e. The molecule has 31 nitrogen and oxygen atoms in total. The van der Waals surface area contributed by atoms with E-state index < -0.39 is 172 Å². The van der Waals surface area contributed by atoms with Gasteiger partial charge in [0.2, 0.25) is 17.7 Å². The first-order chi connectivity index (χ1) is 39.2. The molecule has 12 N–H and O–H groups in total. The molecular formula is C50H97N3O28P2. The lowest BCUT2D eigenvalue weighted by Crippen LogP contribution is -2.55. The number of amides is 3. The standard InChI is InChI=1S/C46H87N3O28P2.C4H10/c1-29-38(57)41(60)32(26-51)75-44(29)68-18-5-8-35(54)47(11-17-50)13-22-71-78(63,64)73-24-15-49(37(56)10-7-20-70-46-31(3)40(59)43(62)34(28-53)77-46)16-25-74-79(65,66)72-23-14-48(12-21-67-4)36(55)9-6-19-69-45-30(2)39(58)42(61)33(27-52)76-45;1-4(2)3/h29-34,38-46,50-53,57-62H,5-28H2,1-4H3,(H,63,64)(H,65,66);4H,1-3H3/t29-,30-,31-,32?,33?,34?,38?,39?,40?,41-,42-,43-,44+,45+,46+;/m0./s1. The maximum Gasteiger partial charge on any atom is 0.472 e.